The van der Waals surface area contributed by atoms with E-state index in [9.17, 15) is 19.2 Å². The molecule has 264 valence electrons. The predicted octanol–water partition coefficient (Wildman–Crippen LogP) is 11.6. The third-order valence-corrected chi connectivity index (χ3v) is 11.8. The average Bonchev–Trinajstić information content (AvgIpc) is 3.18. The molecule has 0 atom stereocenters. The molecule has 6 nitrogen and oxygen atoms in total. The van der Waals surface area contributed by atoms with Gasteiger partial charge in [0.25, 0.3) is 23.6 Å². The highest BCUT2D eigenvalue weighted by Crippen LogP contribution is 2.47. The molecule has 4 amide bonds. The third-order valence-electron chi connectivity index (χ3n) is 11.8. The van der Waals surface area contributed by atoms with Crippen LogP contribution in [-0.2, 0) is 0 Å². The van der Waals surface area contributed by atoms with Crippen LogP contribution in [0.3, 0.4) is 0 Å². The molecule has 53 heavy (non-hydrogen) atoms. The maximum Gasteiger partial charge on any atom is 0.266 e. The fourth-order valence-electron chi connectivity index (χ4n) is 9.26. The lowest BCUT2D eigenvalue weighted by Crippen LogP contribution is -2.47. The molecule has 0 radical (unpaired) electrons. The van der Waals surface area contributed by atoms with Crippen LogP contribution >= 0.6 is 0 Å². The van der Waals surface area contributed by atoms with Crippen LogP contribution in [-0.4, -0.2) is 34.6 Å². The third kappa shape index (κ3) is 4.98. The molecule has 6 heteroatoms. The minimum Gasteiger partial charge on any atom is -0.271 e. The molecule has 2 heterocycles. The normalized spacial score (nSPS) is 14.5. The zero-order chi connectivity index (χ0) is 36.4. The number of hydrogen-bond donors (Lipinski definition) is 0. The molecule has 0 fully saturated rings. The number of fused-ring (bicyclic) bond motifs is 3. The Morgan fingerprint density at radius 1 is 0.434 bits per heavy atom. The predicted molar refractivity (Wildman–Crippen MR) is 215 cm³/mol. The van der Waals surface area contributed by atoms with Gasteiger partial charge in [0.2, 0.25) is 0 Å². The van der Waals surface area contributed by atoms with Crippen LogP contribution in [0.4, 0.5) is 5.69 Å². The Bertz CT molecular complexity index is 2520. The summed E-state index contributed by atoms with van der Waals surface area (Å²) in [5, 5.41) is 8.46. The number of carbonyl (C=O) groups excluding carboxylic acids is 4. The molecule has 2 aliphatic rings. The number of rotatable bonds is 12. The molecular weight excluding hydrogens is 657 g/mol. The maximum atomic E-state index is 14.5. The summed E-state index contributed by atoms with van der Waals surface area (Å²) < 4.78 is 0. The molecule has 7 aromatic carbocycles. The topological polar surface area (TPSA) is 74.8 Å². The molecule has 9 rings (SSSR count). The van der Waals surface area contributed by atoms with E-state index < -0.39 is 0 Å². The first kappa shape index (κ1) is 33.2. The van der Waals surface area contributed by atoms with E-state index >= 15 is 0 Å². The number of nitrogens with zero attached hydrogens (tertiary/aromatic N) is 2. The number of imide groups is 2. The number of amides is 4. The van der Waals surface area contributed by atoms with Gasteiger partial charge in [0.15, 0.2) is 0 Å². The van der Waals surface area contributed by atoms with Crippen molar-refractivity contribution in [3.63, 3.8) is 0 Å². The van der Waals surface area contributed by atoms with E-state index in [1.807, 2.05) is 91.0 Å². The lowest BCUT2D eigenvalue weighted by atomic mass is 9.82. The van der Waals surface area contributed by atoms with E-state index in [0.29, 0.717) is 38.7 Å². The van der Waals surface area contributed by atoms with Crippen LogP contribution in [0.5, 0.6) is 0 Å². The van der Waals surface area contributed by atoms with Crippen molar-refractivity contribution in [3.8, 4) is 0 Å². The van der Waals surface area contributed by atoms with Gasteiger partial charge in [-0.3, -0.25) is 24.1 Å². The van der Waals surface area contributed by atoms with E-state index in [4.69, 9.17) is 0 Å². The lowest BCUT2D eigenvalue weighted by molar-refractivity contribution is 0.0516. The SMILES string of the molecule is CCCCCCC(CCCCCC)N1C(=O)c2ccc3c4ccc5c6c(ccc(c7ccc(c2c37)C1=O)c64)C(=O)N(c1cccc2ccccc12)C5=O. The van der Waals surface area contributed by atoms with Crippen molar-refractivity contribution in [2.45, 2.75) is 84.1 Å². The summed E-state index contributed by atoms with van der Waals surface area (Å²) in [4.78, 5) is 60.5. The number of carbonyl (C=O) groups is 4. The molecule has 0 aromatic heterocycles. The molecule has 0 bridgehead atoms. The zero-order valence-corrected chi connectivity index (χ0v) is 30.3. The minimum atomic E-state index is -0.353. The number of benzene rings is 7. The van der Waals surface area contributed by atoms with Gasteiger partial charge in [0, 0.05) is 44.5 Å². The van der Waals surface area contributed by atoms with Crippen molar-refractivity contribution >= 4 is 83.2 Å². The van der Waals surface area contributed by atoms with Gasteiger partial charge in [-0.05, 0) is 80.9 Å². The van der Waals surface area contributed by atoms with Crippen molar-refractivity contribution < 1.29 is 19.2 Å². The number of unbranched alkanes of at least 4 members (excludes halogenated alkanes) is 6. The second-order valence-electron chi connectivity index (χ2n) is 14.9. The minimum absolute atomic E-state index is 0.125. The van der Waals surface area contributed by atoms with Crippen molar-refractivity contribution in [1.29, 1.82) is 0 Å². The molecule has 0 N–H and O–H groups in total. The summed E-state index contributed by atoms with van der Waals surface area (Å²) in [7, 11) is 0. The first-order valence-corrected chi connectivity index (χ1v) is 19.4. The summed E-state index contributed by atoms with van der Waals surface area (Å²) in [6.45, 7) is 4.39. The Kier molecular flexibility index (Phi) is 8.22. The van der Waals surface area contributed by atoms with Crippen molar-refractivity contribution in [3.05, 3.63) is 113 Å². The van der Waals surface area contributed by atoms with E-state index in [1.54, 1.807) is 4.90 Å². The quantitative estimate of drug-likeness (QED) is 0.0551. The molecule has 0 unspecified atom stereocenters. The van der Waals surface area contributed by atoms with E-state index in [0.717, 1.165) is 107 Å². The van der Waals surface area contributed by atoms with Crippen molar-refractivity contribution in [1.82, 2.24) is 4.90 Å². The van der Waals surface area contributed by atoms with Gasteiger partial charge in [0.05, 0.1) is 5.69 Å². The summed E-state index contributed by atoms with van der Waals surface area (Å²) in [5.74, 6) is -1.12. The first-order chi connectivity index (χ1) is 25.9. The summed E-state index contributed by atoms with van der Waals surface area (Å²) in [6.07, 6.45) is 10.4. The first-order valence-electron chi connectivity index (χ1n) is 19.4. The summed E-state index contributed by atoms with van der Waals surface area (Å²) in [5.41, 5.74) is 2.66. The van der Waals surface area contributed by atoms with E-state index in [-0.39, 0.29) is 29.7 Å². The van der Waals surface area contributed by atoms with Gasteiger partial charge in [0.1, 0.15) is 0 Å². The summed E-state index contributed by atoms with van der Waals surface area (Å²) >= 11 is 0. The lowest BCUT2D eigenvalue weighted by Gasteiger charge is -2.35. The Morgan fingerprint density at radius 3 is 1.38 bits per heavy atom. The fourth-order valence-corrected chi connectivity index (χ4v) is 9.26. The maximum absolute atomic E-state index is 14.5. The van der Waals surface area contributed by atoms with Gasteiger partial charge >= 0.3 is 0 Å². The monoisotopic (exact) mass is 698 g/mol. The van der Waals surface area contributed by atoms with Gasteiger partial charge in [-0.15, -0.1) is 0 Å². The van der Waals surface area contributed by atoms with E-state index in [1.165, 1.54) is 4.90 Å². The van der Waals surface area contributed by atoms with Crippen LogP contribution in [0.25, 0.3) is 53.9 Å². The van der Waals surface area contributed by atoms with Crippen LogP contribution < -0.4 is 4.90 Å². The Balaban J connectivity index is 1.18. The standard InChI is InChI=1S/C47H42N2O4/c1-3-5-7-9-16-29(17-10-8-6-4-2)48-44(50)35-24-20-31-33-22-26-37-43-38(27-23-34(41(33)43)32-21-25-36(45(48)51)42(35)40(31)32)47(53)49(46(37)52)39-19-13-15-28-14-11-12-18-30(28)39/h11-15,18-27,29H,3-10,16-17H2,1-2H3. The van der Waals surface area contributed by atoms with Crippen LogP contribution in [0.1, 0.15) is 119 Å². The molecule has 0 saturated heterocycles. The fraction of sp³-hybridized carbons (Fsp3) is 0.277. The Labute approximate surface area is 308 Å². The molecule has 0 aliphatic carbocycles. The van der Waals surface area contributed by atoms with Crippen LogP contribution in [0, 0.1) is 0 Å². The van der Waals surface area contributed by atoms with Gasteiger partial charge in [-0.25, -0.2) is 4.90 Å². The highest BCUT2D eigenvalue weighted by molar-refractivity contribution is 6.44. The number of anilines is 1. The Morgan fingerprint density at radius 2 is 0.887 bits per heavy atom. The van der Waals surface area contributed by atoms with E-state index in [2.05, 4.69) is 13.8 Å². The molecule has 7 aromatic rings. The zero-order valence-electron chi connectivity index (χ0n) is 30.3. The van der Waals surface area contributed by atoms with Crippen molar-refractivity contribution in [2.75, 3.05) is 4.90 Å². The van der Waals surface area contributed by atoms with Crippen LogP contribution in [0.15, 0.2) is 91.0 Å². The molecule has 0 spiro atoms. The van der Waals surface area contributed by atoms with Crippen molar-refractivity contribution in [2.24, 2.45) is 0 Å². The Hall–Kier alpha value is -5.62. The second-order valence-corrected chi connectivity index (χ2v) is 14.9. The largest absolute Gasteiger partial charge is 0.271 e. The van der Waals surface area contributed by atoms with Gasteiger partial charge in [-0.1, -0.05) is 126 Å². The smallest absolute Gasteiger partial charge is 0.266 e. The highest BCUT2D eigenvalue weighted by Gasteiger charge is 2.39. The van der Waals surface area contributed by atoms with Gasteiger partial charge in [-0.2, -0.15) is 0 Å². The van der Waals surface area contributed by atoms with Gasteiger partial charge < -0.3 is 0 Å². The number of hydrogen-bond acceptors (Lipinski definition) is 4. The van der Waals surface area contributed by atoms with Crippen LogP contribution in [0.2, 0.25) is 0 Å². The second kappa shape index (κ2) is 13.1. The average molecular weight is 699 g/mol. The molecular formula is C47H42N2O4. The molecule has 2 aliphatic heterocycles. The summed E-state index contributed by atoms with van der Waals surface area (Å²) in [6, 6.07) is 28.7. The highest BCUT2D eigenvalue weighted by atomic mass is 16.2. The molecule has 0 saturated carbocycles.